The Bertz CT molecular complexity index is 1160. The predicted octanol–water partition coefficient (Wildman–Crippen LogP) is 3.51. The first-order chi connectivity index (χ1) is 13.0. The van der Waals surface area contributed by atoms with Crippen LogP contribution in [0, 0.1) is 13.8 Å². The molecule has 9 heteroatoms. The van der Waals surface area contributed by atoms with Crippen LogP contribution in [0.3, 0.4) is 0 Å². The van der Waals surface area contributed by atoms with Gasteiger partial charge in [0, 0.05) is 29.9 Å². The summed E-state index contributed by atoms with van der Waals surface area (Å²) < 4.78 is 6.99. The Morgan fingerprint density at radius 2 is 2.11 bits per heavy atom. The molecule has 138 valence electrons. The highest BCUT2D eigenvalue weighted by molar-refractivity contribution is 7.14. The Hall–Kier alpha value is -3.07. The molecule has 0 atom stereocenters. The van der Waals surface area contributed by atoms with E-state index in [0.717, 1.165) is 22.6 Å². The number of nitrogens with one attached hydrogen (secondary N) is 1. The van der Waals surface area contributed by atoms with Gasteiger partial charge in [-0.2, -0.15) is 5.10 Å². The lowest BCUT2D eigenvalue weighted by Gasteiger charge is -2.05. The van der Waals surface area contributed by atoms with E-state index >= 15 is 0 Å². The fraction of sp³-hybridized carbons (Fsp3) is 0.278. The number of rotatable bonds is 4. The van der Waals surface area contributed by atoms with Crippen molar-refractivity contribution in [3.05, 3.63) is 40.3 Å². The number of hydrogen-bond donors (Lipinski definition) is 1. The summed E-state index contributed by atoms with van der Waals surface area (Å²) in [5.41, 5.74) is 4.91. The number of fused-ring (bicyclic) bond motifs is 1. The lowest BCUT2D eigenvalue weighted by Crippen LogP contribution is -2.13. The zero-order valence-electron chi connectivity index (χ0n) is 15.4. The van der Waals surface area contributed by atoms with E-state index in [1.165, 1.54) is 11.3 Å². The van der Waals surface area contributed by atoms with Crippen LogP contribution >= 0.6 is 11.3 Å². The number of carbonyl (C=O) groups excluding carboxylic acids is 1. The normalized spacial score (nSPS) is 11.3. The molecule has 0 saturated heterocycles. The van der Waals surface area contributed by atoms with E-state index in [2.05, 4.69) is 25.5 Å². The number of anilines is 1. The number of amides is 1. The molecule has 0 radical (unpaired) electrons. The summed E-state index contributed by atoms with van der Waals surface area (Å²) in [6.45, 7) is 5.70. The van der Waals surface area contributed by atoms with E-state index in [4.69, 9.17) is 4.52 Å². The molecule has 0 unspecified atom stereocenters. The number of hydrogen-bond acceptors (Lipinski definition) is 7. The van der Waals surface area contributed by atoms with E-state index in [1.807, 2.05) is 32.5 Å². The maximum absolute atomic E-state index is 12.9. The van der Waals surface area contributed by atoms with Crippen LogP contribution in [0.2, 0.25) is 0 Å². The average Bonchev–Trinajstić information content (AvgIpc) is 3.33. The average molecular weight is 382 g/mol. The van der Waals surface area contributed by atoms with Crippen LogP contribution in [-0.4, -0.2) is 30.8 Å². The fourth-order valence-corrected chi connectivity index (χ4v) is 3.68. The molecule has 4 aromatic rings. The summed E-state index contributed by atoms with van der Waals surface area (Å²) in [7, 11) is 1.87. The predicted molar refractivity (Wildman–Crippen MR) is 103 cm³/mol. The van der Waals surface area contributed by atoms with E-state index < -0.39 is 0 Å². The summed E-state index contributed by atoms with van der Waals surface area (Å²) in [5.74, 6) is -0.257. The second kappa shape index (κ2) is 6.58. The van der Waals surface area contributed by atoms with Crippen LogP contribution in [-0.2, 0) is 13.5 Å². The fourth-order valence-electron chi connectivity index (χ4n) is 2.98. The minimum Gasteiger partial charge on any atom is -0.336 e. The summed E-state index contributed by atoms with van der Waals surface area (Å²) in [5, 5.41) is 14.2. The third-order valence-corrected chi connectivity index (χ3v) is 5.05. The zero-order chi connectivity index (χ0) is 19.1. The number of pyridine rings is 1. The second-order valence-electron chi connectivity index (χ2n) is 6.26. The van der Waals surface area contributed by atoms with Crippen LogP contribution in [0.5, 0.6) is 0 Å². The second-order valence-corrected chi connectivity index (χ2v) is 7.11. The van der Waals surface area contributed by atoms with Crippen LogP contribution in [0.15, 0.2) is 22.2 Å². The smallest absolute Gasteiger partial charge is 0.258 e. The summed E-state index contributed by atoms with van der Waals surface area (Å²) in [4.78, 5) is 21.8. The quantitative estimate of drug-likeness (QED) is 0.580. The van der Waals surface area contributed by atoms with Gasteiger partial charge in [0.25, 0.3) is 11.6 Å². The van der Waals surface area contributed by atoms with Crippen molar-refractivity contribution in [3.63, 3.8) is 0 Å². The maximum atomic E-state index is 12.9. The Balaban J connectivity index is 1.66. The van der Waals surface area contributed by atoms with Gasteiger partial charge in [0.15, 0.2) is 5.13 Å². The molecule has 1 N–H and O–H groups in total. The van der Waals surface area contributed by atoms with E-state index in [-0.39, 0.29) is 5.91 Å². The van der Waals surface area contributed by atoms with Crippen molar-refractivity contribution in [2.45, 2.75) is 27.2 Å². The lowest BCUT2D eigenvalue weighted by atomic mass is 10.1. The maximum Gasteiger partial charge on any atom is 0.258 e. The van der Waals surface area contributed by atoms with Gasteiger partial charge >= 0.3 is 0 Å². The van der Waals surface area contributed by atoms with Gasteiger partial charge in [-0.15, -0.1) is 11.3 Å². The largest absolute Gasteiger partial charge is 0.336 e. The number of nitrogens with zero attached hydrogens (tertiary/aromatic N) is 5. The van der Waals surface area contributed by atoms with E-state index in [9.17, 15) is 4.79 Å². The molecule has 0 fully saturated rings. The van der Waals surface area contributed by atoms with Crippen LogP contribution in [0.25, 0.3) is 22.4 Å². The van der Waals surface area contributed by atoms with Gasteiger partial charge in [0.2, 0.25) is 0 Å². The summed E-state index contributed by atoms with van der Waals surface area (Å²) >= 11 is 1.37. The molecule has 1 amide bonds. The van der Waals surface area contributed by atoms with Crippen molar-refractivity contribution in [1.82, 2.24) is 24.9 Å². The molecule has 4 aromatic heterocycles. The standard InChI is InChI=1S/C18H18N6O2S/c1-5-11-6-12(15-10(3)23-26-17(15)19-11)16(25)21-18-20-14(8-27-18)13-7-24(4)22-9(13)2/h6-8H,5H2,1-4H3,(H,20,21,25). The zero-order valence-corrected chi connectivity index (χ0v) is 16.2. The Labute approximate surface area is 159 Å². The molecule has 0 aliphatic carbocycles. The highest BCUT2D eigenvalue weighted by atomic mass is 32.1. The molecule has 8 nitrogen and oxygen atoms in total. The van der Waals surface area contributed by atoms with Gasteiger partial charge < -0.3 is 4.52 Å². The Kier molecular flexibility index (Phi) is 4.23. The molecule has 4 rings (SSSR count). The van der Waals surface area contributed by atoms with Gasteiger partial charge in [-0.3, -0.25) is 14.8 Å². The molecular weight excluding hydrogens is 364 g/mol. The first-order valence-electron chi connectivity index (χ1n) is 8.49. The first kappa shape index (κ1) is 17.3. The third-order valence-electron chi connectivity index (χ3n) is 4.29. The van der Waals surface area contributed by atoms with Crippen molar-refractivity contribution in [2.24, 2.45) is 7.05 Å². The van der Waals surface area contributed by atoms with Crippen LogP contribution < -0.4 is 5.32 Å². The van der Waals surface area contributed by atoms with Crippen molar-refractivity contribution in [3.8, 4) is 11.3 Å². The molecule has 0 aliphatic rings. The Morgan fingerprint density at radius 3 is 2.81 bits per heavy atom. The minimum absolute atomic E-state index is 0.257. The molecule has 0 aliphatic heterocycles. The molecule has 0 spiro atoms. The van der Waals surface area contributed by atoms with E-state index in [1.54, 1.807) is 17.7 Å². The van der Waals surface area contributed by atoms with Crippen molar-refractivity contribution in [1.29, 1.82) is 0 Å². The topological polar surface area (TPSA) is 98.7 Å². The van der Waals surface area contributed by atoms with E-state index in [0.29, 0.717) is 33.9 Å². The number of aryl methyl sites for hydroxylation is 4. The van der Waals surface area contributed by atoms with Crippen molar-refractivity contribution in [2.75, 3.05) is 5.32 Å². The van der Waals surface area contributed by atoms with Crippen LogP contribution in [0.1, 0.15) is 34.4 Å². The van der Waals surface area contributed by atoms with Gasteiger partial charge in [0.1, 0.15) is 0 Å². The van der Waals surface area contributed by atoms with Crippen LogP contribution in [0.4, 0.5) is 5.13 Å². The Morgan fingerprint density at radius 1 is 1.30 bits per heavy atom. The lowest BCUT2D eigenvalue weighted by molar-refractivity contribution is 0.102. The monoisotopic (exact) mass is 382 g/mol. The minimum atomic E-state index is -0.257. The highest BCUT2D eigenvalue weighted by Gasteiger charge is 2.20. The molecular formula is C18H18N6O2S. The van der Waals surface area contributed by atoms with Gasteiger partial charge in [-0.25, -0.2) is 9.97 Å². The van der Waals surface area contributed by atoms with Crippen molar-refractivity contribution >= 4 is 33.5 Å². The third kappa shape index (κ3) is 3.10. The highest BCUT2D eigenvalue weighted by Crippen LogP contribution is 2.28. The SMILES string of the molecule is CCc1cc(C(=O)Nc2nc(-c3cn(C)nc3C)cs2)c2c(C)noc2n1. The number of thiazole rings is 1. The van der Waals surface area contributed by atoms with Crippen molar-refractivity contribution < 1.29 is 9.32 Å². The van der Waals surface area contributed by atoms with Gasteiger partial charge in [-0.05, 0) is 26.3 Å². The number of aromatic nitrogens is 5. The summed E-state index contributed by atoms with van der Waals surface area (Å²) in [6.07, 6.45) is 2.61. The molecule has 0 aromatic carbocycles. The molecule has 0 saturated carbocycles. The summed E-state index contributed by atoms with van der Waals surface area (Å²) in [6, 6.07) is 1.78. The first-order valence-corrected chi connectivity index (χ1v) is 9.37. The molecule has 4 heterocycles. The molecule has 0 bridgehead atoms. The van der Waals surface area contributed by atoms with Gasteiger partial charge in [0.05, 0.1) is 28.0 Å². The molecule has 27 heavy (non-hydrogen) atoms. The van der Waals surface area contributed by atoms with Gasteiger partial charge in [-0.1, -0.05) is 12.1 Å². The number of carbonyl (C=O) groups is 1.